The second kappa shape index (κ2) is 16.3. The molecule has 49 heavy (non-hydrogen) atoms. The number of carbonyl (C=O) groups is 3. The Morgan fingerprint density at radius 3 is 2.41 bits per heavy atom. The second-order valence-corrected chi connectivity index (χ2v) is 12.9. The minimum atomic E-state index is -0.363. The number of amides is 3. The first-order chi connectivity index (χ1) is 23.6. The molecule has 5 N–H and O–H groups in total. The molecule has 0 aliphatic carbocycles. The van der Waals surface area contributed by atoms with E-state index in [1.807, 2.05) is 74.6 Å². The standard InChI is InChI=1S/C39H45N5O5/c1-26-22-44(27(2)25-45)38(47)21-31-20-32(41-37(46)19-28-9-5-4-6-10-28)17-18-35(31)49-36(26)24-43(3)23-29-13-15-30(16-14-29)39(48)42-34-12-8-7-11-33(34)40/h4-18,20,26-27,36,45H,19,21-25,40H2,1-3H3,(H,41,46)(H,42,48)/t26-,27+,36+/m1/s1. The Kier molecular flexibility index (Phi) is 11.7. The Labute approximate surface area is 287 Å². The number of likely N-dealkylation sites (N-methyl/N-ethyl adjacent to an activating group) is 1. The van der Waals surface area contributed by atoms with Crippen molar-refractivity contribution in [3.8, 4) is 5.75 Å². The van der Waals surface area contributed by atoms with Gasteiger partial charge in [0.2, 0.25) is 11.8 Å². The lowest BCUT2D eigenvalue weighted by atomic mass is 10.0. The van der Waals surface area contributed by atoms with Crippen LogP contribution in [0.2, 0.25) is 0 Å². The Morgan fingerprint density at radius 1 is 0.980 bits per heavy atom. The lowest BCUT2D eigenvalue weighted by Gasteiger charge is -2.34. The van der Waals surface area contributed by atoms with Crippen molar-refractivity contribution >= 4 is 34.8 Å². The molecule has 1 heterocycles. The van der Waals surface area contributed by atoms with Crippen LogP contribution in [-0.4, -0.2) is 71.5 Å². The van der Waals surface area contributed by atoms with Gasteiger partial charge in [0.1, 0.15) is 11.9 Å². The van der Waals surface area contributed by atoms with Crippen molar-refractivity contribution < 1.29 is 24.2 Å². The van der Waals surface area contributed by atoms with Gasteiger partial charge in [0.05, 0.1) is 36.9 Å². The fourth-order valence-corrected chi connectivity index (χ4v) is 5.96. The third-order valence-corrected chi connectivity index (χ3v) is 8.78. The summed E-state index contributed by atoms with van der Waals surface area (Å²) in [5.74, 6) is 0.0267. The smallest absolute Gasteiger partial charge is 0.255 e. The number of nitrogens with zero attached hydrogens (tertiary/aromatic N) is 2. The molecule has 10 heteroatoms. The normalized spacial score (nSPS) is 16.8. The lowest BCUT2D eigenvalue weighted by Crippen LogP contribution is -2.47. The fourth-order valence-electron chi connectivity index (χ4n) is 5.96. The number of nitrogens with two attached hydrogens (primary N) is 1. The van der Waals surface area contributed by atoms with Crippen LogP contribution in [0.15, 0.2) is 97.1 Å². The Balaban J connectivity index is 1.29. The summed E-state index contributed by atoms with van der Waals surface area (Å²) in [6, 6.07) is 29.2. The topological polar surface area (TPSA) is 137 Å². The molecule has 1 aliphatic rings. The van der Waals surface area contributed by atoms with Gasteiger partial charge in [-0.25, -0.2) is 0 Å². The van der Waals surface area contributed by atoms with Crippen molar-refractivity contribution in [2.24, 2.45) is 5.92 Å². The van der Waals surface area contributed by atoms with E-state index >= 15 is 0 Å². The summed E-state index contributed by atoms with van der Waals surface area (Å²) in [4.78, 5) is 43.1. The van der Waals surface area contributed by atoms with E-state index in [4.69, 9.17) is 10.5 Å². The number of hydrogen-bond donors (Lipinski definition) is 4. The van der Waals surface area contributed by atoms with Crippen molar-refractivity contribution in [2.75, 3.05) is 43.1 Å². The Morgan fingerprint density at radius 2 is 1.69 bits per heavy atom. The van der Waals surface area contributed by atoms with Gasteiger partial charge in [0.15, 0.2) is 0 Å². The molecule has 3 atom stereocenters. The molecule has 5 rings (SSSR count). The van der Waals surface area contributed by atoms with Crippen molar-refractivity contribution in [3.63, 3.8) is 0 Å². The monoisotopic (exact) mass is 663 g/mol. The predicted molar refractivity (Wildman–Crippen MR) is 192 cm³/mol. The summed E-state index contributed by atoms with van der Waals surface area (Å²) < 4.78 is 6.66. The molecule has 4 aromatic carbocycles. The van der Waals surface area contributed by atoms with Gasteiger partial charge < -0.3 is 31.1 Å². The summed E-state index contributed by atoms with van der Waals surface area (Å²) in [6.07, 6.45) is 0.0245. The van der Waals surface area contributed by atoms with Crippen LogP contribution in [0.4, 0.5) is 17.1 Å². The molecule has 0 saturated heterocycles. The third kappa shape index (κ3) is 9.46. The maximum atomic E-state index is 13.6. The van der Waals surface area contributed by atoms with Crippen LogP contribution in [0.3, 0.4) is 0 Å². The summed E-state index contributed by atoms with van der Waals surface area (Å²) in [5.41, 5.74) is 10.8. The maximum absolute atomic E-state index is 13.6. The quantitative estimate of drug-likeness (QED) is 0.166. The number of anilines is 3. The van der Waals surface area contributed by atoms with Crippen LogP contribution >= 0.6 is 0 Å². The number of hydrogen-bond acceptors (Lipinski definition) is 7. The zero-order chi connectivity index (χ0) is 34.9. The van der Waals surface area contributed by atoms with Crippen LogP contribution in [0.5, 0.6) is 5.75 Å². The molecule has 0 unspecified atom stereocenters. The van der Waals surface area contributed by atoms with Gasteiger partial charge in [-0.05, 0) is 67.6 Å². The van der Waals surface area contributed by atoms with E-state index in [-0.39, 0.29) is 55.2 Å². The first-order valence-corrected chi connectivity index (χ1v) is 16.6. The van der Waals surface area contributed by atoms with Gasteiger partial charge in [0.25, 0.3) is 5.91 Å². The maximum Gasteiger partial charge on any atom is 0.255 e. The number of ether oxygens (including phenoxy) is 1. The summed E-state index contributed by atoms with van der Waals surface area (Å²) >= 11 is 0. The van der Waals surface area contributed by atoms with E-state index in [9.17, 15) is 19.5 Å². The number of fused-ring (bicyclic) bond motifs is 1. The molecule has 3 amide bonds. The van der Waals surface area contributed by atoms with E-state index in [1.54, 1.807) is 41.3 Å². The average Bonchev–Trinajstić information content (AvgIpc) is 3.13. The van der Waals surface area contributed by atoms with E-state index in [0.29, 0.717) is 53.6 Å². The van der Waals surface area contributed by atoms with Gasteiger partial charge in [-0.1, -0.05) is 61.5 Å². The van der Waals surface area contributed by atoms with Crippen molar-refractivity contribution in [2.45, 2.75) is 45.4 Å². The summed E-state index contributed by atoms with van der Waals surface area (Å²) in [6.45, 7) is 5.32. The van der Waals surface area contributed by atoms with Crippen molar-refractivity contribution in [3.05, 3.63) is 119 Å². The van der Waals surface area contributed by atoms with Gasteiger partial charge in [-0.3, -0.25) is 19.3 Å². The zero-order valence-corrected chi connectivity index (χ0v) is 28.3. The van der Waals surface area contributed by atoms with Gasteiger partial charge in [-0.15, -0.1) is 0 Å². The van der Waals surface area contributed by atoms with E-state index in [0.717, 1.165) is 11.1 Å². The number of benzene rings is 4. The second-order valence-electron chi connectivity index (χ2n) is 12.9. The van der Waals surface area contributed by atoms with E-state index in [2.05, 4.69) is 22.5 Å². The molecule has 1 aliphatic heterocycles. The van der Waals surface area contributed by atoms with Gasteiger partial charge >= 0.3 is 0 Å². The number of aliphatic hydroxyl groups is 1. The number of rotatable bonds is 11. The third-order valence-electron chi connectivity index (χ3n) is 8.78. The van der Waals surface area contributed by atoms with Crippen molar-refractivity contribution in [1.29, 1.82) is 0 Å². The molecule has 4 aromatic rings. The molecular formula is C39H45N5O5. The highest BCUT2D eigenvalue weighted by atomic mass is 16.5. The van der Waals surface area contributed by atoms with Crippen LogP contribution in [0, 0.1) is 5.92 Å². The SMILES string of the molecule is C[C@@H]1CN([C@@H](C)CO)C(=O)Cc2cc(NC(=O)Cc3ccccc3)ccc2O[C@H]1CN(C)Cc1ccc(C(=O)Nc2ccccc2N)cc1. The largest absolute Gasteiger partial charge is 0.488 e. The highest BCUT2D eigenvalue weighted by Crippen LogP contribution is 2.29. The summed E-state index contributed by atoms with van der Waals surface area (Å²) in [7, 11) is 2.01. The number of nitrogen functional groups attached to an aromatic ring is 1. The highest BCUT2D eigenvalue weighted by molar-refractivity contribution is 6.05. The van der Waals surface area contributed by atoms with Crippen LogP contribution in [0.1, 0.15) is 40.9 Å². The zero-order valence-electron chi connectivity index (χ0n) is 28.3. The number of carbonyl (C=O) groups excluding carboxylic acids is 3. The first kappa shape index (κ1) is 35.1. The van der Waals surface area contributed by atoms with E-state index < -0.39 is 0 Å². The molecular weight excluding hydrogens is 618 g/mol. The Hall–Kier alpha value is -5.19. The number of nitrogens with one attached hydrogen (secondary N) is 2. The minimum Gasteiger partial charge on any atom is -0.488 e. The molecule has 0 fully saturated rings. The summed E-state index contributed by atoms with van der Waals surface area (Å²) in [5, 5.41) is 15.8. The van der Waals surface area contributed by atoms with Gasteiger partial charge in [-0.2, -0.15) is 0 Å². The number of aliphatic hydroxyl groups excluding tert-OH is 1. The van der Waals surface area contributed by atoms with Gasteiger partial charge in [0, 0.05) is 42.4 Å². The molecule has 0 saturated carbocycles. The first-order valence-electron chi connectivity index (χ1n) is 16.6. The average molecular weight is 664 g/mol. The van der Waals surface area contributed by atoms with Crippen LogP contribution in [-0.2, 0) is 29.0 Å². The van der Waals surface area contributed by atoms with Crippen molar-refractivity contribution in [1.82, 2.24) is 9.80 Å². The highest BCUT2D eigenvalue weighted by Gasteiger charge is 2.31. The molecule has 0 spiro atoms. The molecule has 256 valence electrons. The number of para-hydroxylation sites is 2. The predicted octanol–water partition coefficient (Wildman–Crippen LogP) is 4.98. The Bertz CT molecular complexity index is 1750. The lowest BCUT2D eigenvalue weighted by molar-refractivity contribution is -0.134. The molecule has 10 nitrogen and oxygen atoms in total. The van der Waals surface area contributed by atoms with Crippen LogP contribution in [0.25, 0.3) is 0 Å². The molecule has 0 bridgehead atoms. The molecule has 0 aromatic heterocycles. The van der Waals surface area contributed by atoms with Crippen LogP contribution < -0.4 is 21.1 Å². The fraction of sp³-hybridized carbons (Fsp3) is 0.308. The molecule has 0 radical (unpaired) electrons. The minimum absolute atomic E-state index is 0.0619. The van der Waals surface area contributed by atoms with E-state index in [1.165, 1.54) is 0 Å².